The van der Waals surface area contributed by atoms with Gasteiger partial charge in [-0.15, -0.1) is 0 Å². The minimum Gasteiger partial charge on any atom is -0.497 e. The van der Waals surface area contributed by atoms with Crippen LogP contribution >= 0.6 is 11.8 Å². The molecule has 1 atom stereocenters. The Hall–Kier alpha value is -1.52. The van der Waals surface area contributed by atoms with Gasteiger partial charge in [0.2, 0.25) is 0 Å². The van der Waals surface area contributed by atoms with E-state index < -0.39 is 0 Å². The second-order valence-electron chi connectivity index (χ2n) is 4.93. The van der Waals surface area contributed by atoms with E-state index in [9.17, 15) is 0 Å². The number of aryl methyl sites for hydroxylation is 1. The molecule has 2 N–H and O–H groups in total. The Kier molecular flexibility index (Phi) is 5.04. The summed E-state index contributed by atoms with van der Waals surface area (Å²) in [5, 5.41) is 1.02. The summed E-state index contributed by atoms with van der Waals surface area (Å²) in [4.78, 5) is 5.67. The summed E-state index contributed by atoms with van der Waals surface area (Å²) in [6, 6.07) is 10.3. The maximum Gasteiger partial charge on any atom is 0.119 e. The molecule has 0 aliphatic heterocycles. The summed E-state index contributed by atoms with van der Waals surface area (Å²) in [5.41, 5.74) is 8.19. The summed E-state index contributed by atoms with van der Waals surface area (Å²) in [6.07, 6.45) is 2.77. The molecule has 2 aromatic rings. The molecule has 0 bridgehead atoms. The van der Waals surface area contributed by atoms with Crippen LogP contribution in [0.2, 0.25) is 0 Å². The third kappa shape index (κ3) is 3.99. The highest BCUT2D eigenvalue weighted by atomic mass is 32.2. The number of pyridine rings is 1. The number of benzene rings is 1. The monoisotopic (exact) mass is 288 g/mol. The first kappa shape index (κ1) is 14.9. The van der Waals surface area contributed by atoms with Gasteiger partial charge in [-0.3, -0.25) is 0 Å². The molecule has 3 nitrogen and oxygen atoms in total. The first-order chi connectivity index (χ1) is 9.58. The van der Waals surface area contributed by atoms with Crippen LogP contribution in [0.25, 0.3) is 0 Å². The quantitative estimate of drug-likeness (QED) is 0.915. The number of nitrogens with zero attached hydrogens (tertiary/aromatic N) is 1. The van der Waals surface area contributed by atoms with Crippen molar-refractivity contribution in [3.63, 3.8) is 0 Å². The van der Waals surface area contributed by atoms with Crippen molar-refractivity contribution in [1.29, 1.82) is 0 Å². The lowest BCUT2D eigenvalue weighted by atomic mass is 10.1. The predicted molar refractivity (Wildman–Crippen MR) is 83.4 cm³/mol. The van der Waals surface area contributed by atoms with E-state index in [-0.39, 0.29) is 6.04 Å². The fraction of sp³-hybridized carbons (Fsp3) is 0.312. The Morgan fingerprint density at radius 3 is 2.80 bits per heavy atom. The van der Waals surface area contributed by atoms with E-state index in [0.29, 0.717) is 0 Å². The van der Waals surface area contributed by atoms with E-state index in [1.807, 2.05) is 31.3 Å². The topological polar surface area (TPSA) is 48.1 Å². The molecular weight excluding hydrogens is 268 g/mol. The van der Waals surface area contributed by atoms with Crippen LogP contribution in [0.15, 0.2) is 46.5 Å². The fourth-order valence-electron chi connectivity index (χ4n) is 1.99. The Labute approximate surface area is 124 Å². The number of rotatable bonds is 5. The zero-order valence-corrected chi connectivity index (χ0v) is 12.9. The van der Waals surface area contributed by atoms with Gasteiger partial charge in [-0.2, -0.15) is 0 Å². The van der Waals surface area contributed by atoms with Gasteiger partial charge in [-0.25, -0.2) is 4.98 Å². The summed E-state index contributed by atoms with van der Waals surface area (Å²) in [5.74, 6) is 0.862. The van der Waals surface area contributed by atoms with Crippen molar-refractivity contribution in [3.8, 4) is 5.75 Å². The summed E-state index contributed by atoms with van der Waals surface area (Å²) >= 11 is 1.65. The Morgan fingerprint density at radius 2 is 2.15 bits per heavy atom. The van der Waals surface area contributed by atoms with Crippen molar-refractivity contribution in [2.75, 3.05) is 7.11 Å². The average Bonchev–Trinajstić information content (AvgIpc) is 2.41. The van der Waals surface area contributed by atoms with E-state index in [2.05, 4.69) is 24.0 Å². The molecule has 106 valence electrons. The minimum absolute atomic E-state index is 0.160. The third-order valence-electron chi connectivity index (χ3n) is 2.90. The highest BCUT2D eigenvalue weighted by Gasteiger charge is 2.06. The lowest BCUT2D eigenvalue weighted by Crippen LogP contribution is -2.17. The second-order valence-corrected chi connectivity index (χ2v) is 5.99. The summed E-state index contributed by atoms with van der Waals surface area (Å²) in [7, 11) is 1.68. The second kappa shape index (κ2) is 6.77. The SMILES string of the molecule is COc1cccc(Sc2ncc(CC(C)N)cc2C)c1. The van der Waals surface area contributed by atoms with E-state index >= 15 is 0 Å². The van der Waals surface area contributed by atoms with Crippen LogP contribution in [0.1, 0.15) is 18.1 Å². The maximum absolute atomic E-state index is 5.82. The zero-order valence-electron chi connectivity index (χ0n) is 12.1. The molecule has 0 saturated heterocycles. The molecule has 0 radical (unpaired) electrons. The summed E-state index contributed by atoms with van der Waals surface area (Å²) in [6.45, 7) is 4.09. The molecular formula is C16H20N2OS. The molecule has 1 aromatic carbocycles. The van der Waals surface area contributed by atoms with Crippen molar-refractivity contribution in [2.45, 2.75) is 36.2 Å². The van der Waals surface area contributed by atoms with Gasteiger partial charge in [0, 0.05) is 17.1 Å². The van der Waals surface area contributed by atoms with Crippen LogP contribution in [-0.2, 0) is 6.42 Å². The van der Waals surface area contributed by atoms with Crippen molar-refractivity contribution in [2.24, 2.45) is 5.73 Å². The van der Waals surface area contributed by atoms with Gasteiger partial charge in [0.05, 0.1) is 7.11 Å². The van der Waals surface area contributed by atoms with Crippen LogP contribution in [0, 0.1) is 6.92 Å². The molecule has 0 aliphatic rings. The normalized spacial score (nSPS) is 12.2. The van der Waals surface area contributed by atoms with Crippen molar-refractivity contribution < 1.29 is 4.74 Å². The molecule has 1 unspecified atom stereocenters. The van der Waals surface area contributed by atoms with Crippen LogP contribution in [0.3, 0.4) is 0 Å². The molecule has 0 amide bonds. The Morgan fingerprint density at radius 1 is 1.35 bits per heavy atom. The lowest BCUT2D eigenvalue weighted by Gasteiger charge is -2.09. The Bertz CT molecular complexity index is 584. The third-order valence-corrected chi connectivity index (χ3v) is 4.01. The zero-order chi connectivity index (χ0) is 14.5. The van der Waals surface area contributed by atoms with Gasteiger partial charge < -0.3 is 10.5 Å². The molecule has 4 heteroatoms. The van der Waals surface area contributed by atoms with E-state index in [0.717, 1.165) is 22.1 Å². The number of hydrogen-bond donors (Lipinski definition) is 1. The van der Waals surface area contributed by atoms with E-state index in [4.69, 9.17) is 10.5 Å². The number of nitrogens with two attached hydrogens (primary N) is 1. The molecule has 0 fully saturated rings. The van der Waals surface area contributed by atoms with E-state index in [1.54, 1.807) is 18.9 Å². The van der Waals surface area contributed by atoms with Gasteiger partial charge >= 0.3 is 0 Å². The number of ether oxygens (including phenoxy) is 1. The number of methoxy groups -OCH3 is 1. The molecule has 20 heavy (non-hydrogen) atoms. The molecule has 0 spiro atoms. The number of aromatic nitrogens is 1. The Balaban J connectivity index is 2.16. The first-order valence-corrected chi connectivity index (χ1v) is 7.43. The molecule has 2 rings (SSSR count). The van der Waals surface area contributed by atoms with Crippen molar-refractivity contribution in [3.05, 3.63) is 47.7 Å². The smallest absolute Gasteiger partial charge is 0.119 e. The molecule has 0 saturated carbocycles. The molecule has 1 aromatic heterocycles. The van der Waals surface area contributed by atoms with Gasteiger partial charge in [0.15, 0.2) is 0 Å². The number of hydrogen-bond acceptors (Lipinski definition) is 4. The molecule has 1 heterocycles. The van der Waals surface area contributed by atoms with Gasteiger partial charge in [-0.05, 0) is 49.6 Å². The first-order valence-electron chi connectivity index (χ1n) is 6.61. The van der Waals surface area contributed by atoms with Crippen LogP contribution in [0.5, 0.6) is 5.75 Å². The van der Waals surface area contributed by atoms with Crippen LogP contribution < -0.4 is 10.5 Å². The largest absolute Gasteiger partial charge is 0.497 e. The highest BCUT2D eigenvalue weighted by molar-refractivity contribution is 7.99. The van der Waals surface area contributed by atoms with Gasteiger partial charge in [-0.1, -0.05) is 23.9 Å². The van der Waals surface area contributed by atoms with Crippen molar-refractivity contribution in [1.82, 2.24) is 4.98 Å². The standard InChI is InChI=1S/C16H20N2OS/c1-11-7-13(8-12(2)17)10-18-16(11)20-15-6-4-5-14(9-15)19-3/h4-7,9-10,12H,8,17H2,1-3H3. The fourth-order valence-corrected chi connectivity index (χ4v) is 2.86. The predicted octanol–water partition coefficient (Wildman–Crippen LogP) is 3.44. The van der Waals surface area contributed by atoms with Gasteiger partial charge in [0.25, 0.3) is 0 Å². The highest BCUT2D eigenvalue weighted by Crippen LogP contribution is 2.30. The lowest BCUT2D eigenvalue weighted by molar-refractivity contribution is 0.413. The maximum atomic E-state index is 5.82. The minimum atomic E-state index is 0.160. The van der Waals surface area contributed by atoms with Crippen LogP contribution in [0.4, 0.5) is 0 Å². The van der Waals surface area contributed by atoms with Crippen molar-refractivity contribution >= 4 is 11.8 Å². The molecule has 0 aliphatic carbocycles. The average molecular weight is 288 g/mol. The summed E-state index contributed by atoms with van der Waals surface area (Å²) < 4.78 is 5.24. The van der Waals surface area contributed by atoms with Crippen LogP contribution in [-0.4, -0.2) is 18.1 Å². The van der Waals surface area contributed by atoms with Gasteiger partial charge in [0.1, 0.15) is 10.8 Å². The van der Waals surface area contributed by atoms with E-state index in [1.165, 1.54) is 11.1 Å².